The quantitative estimate of drug-likeness (QED) is 0.356. The van der Waals surface area contributed by atoms with Gasteiger partial charge in [-0.05, 0) is 71.0 Å². The normalized spacial score (nSPS) is 10.0. The molecule has 0 saturated carbocycles. The van der Waals surface area contributed by atoms with Crippen LogP contribution in [-0.4, -0.2) is 23.5 Å². The molecule has 0 spiro atoms. The number of benzene rings is 2. The Hall–Kier alpha value is -2.45. The summed E-state index contributed by atoms with van der Waals surface area (Å²) in [5.74, 6) is -0.0585. The lowest BCUT2D eigenvalue weighted by Crippen LogP contribution is -2.48. The molecule has 0 radical (unpaired) electrons. The summed E-state index contributed by atoms with van der Waals surface area (Å²) in [6.07, 6.45) is 2.04. The van der Waals surface area contributed by atoms with Crippen LogP contribution in [0, 0.1) is 0 Å². The van der Waals surface area contributed by atoms with Crippen LogP contribution in [0.1, 0.15) is 40.5 Å². The van der Waals surface area contributed by atoms with Gasteiger partial charge in [-0.2, -0.15) is 0 Å². The van der Waals surface area contributed by atoms with Crippen LogP contribution in [0.3, 0.4) is 0 Å². The zero-order chi connectivity index (χ0) is 19.6. The summed E-state index contributed by atoms with van der Waals surface area (Å²) in [6, 6.07) is 13.7. The highest BCUT2D eigenvalue weighted by Gasteiger charge is 2.11. The lowest BCUT2D eigenvalue weighted by molar-refractivity contribution is 0.0934. The van der Waals surface area contributed by atoms with Gasteiger partial charge in [0.2, 0.25) is 0 Å². The lowest BCUT2D eigenvalue weighted by atomic mass is 10.2. The topological polar surface area (TPSA) is 79.5 Å². The van der Waals surface area contributed by atoms with Gasteiger partial charge in [-0.25, -0.2) is 0 Å². The number of carbonyl (C=O) groups is 2. The van der Waals surface area contributed by atoms with Gasteiger partial charge in [-0.3, -0.25) is 25.8 Å². The van der Waals surface area contributed by atoms with Gasteiger partial charge in [0.25, 0.3) is 11.8 Å². The number of hydrogen-bond donors (Lipinski definition) is 3. The van der Waals surface area contributed by atoms with Crippen molar-refractivity contribution in [1.29, 1.82) is 0 Å². The number of nitrogens with one attached hydrogen (secondary N) is 3. The minimum Gasteiger partial charge on any atom is -0.494 e. The van der Waals surface area contributed by atoms with E-state index in [1.165, 1.54) is 0 Å². The Labute approximate surface area is 171 Å². The molecule has 0 heterocycles. The van der Waals surface area contributed by atoms with Gasteiger partial charge in [-0.1, -0.05) is 25.5 Å². The monoisotopic (exact) mass is 449 g/mol. The molecule has 2 amide bonds. The third kappa shape index (κ3) is 6.65. The summed E-state index contributed by atoms with van der Waals surface area (Å²) in [4.78, 5) is 24.3. The maximum absolute atomic E-state index is 12.2. The fourth-order valence-corrected chi connectivity index (χ4v) is 2.68. The van der Waals surface area contributed by atoms with Crippen LogP contribution in [0.15, 0.2) is 53.0 Å². The molecule has 0 aliphatic heterocycles. The average Bonchev–Trinajstić information content (AvgIpc) is 2.67. The van der Waals surface area contributed by atoms with Crippen molar-refractivity contribution in [3.05, 3.63) is 64.1 Å². The van der Waals surface area contributed by atoms with E-state index in [0.717, 1.165) is 12.8 Å². The molecule has 8 heteroatoms. The highest BCUT2D eigenvalue weighted by molar-refractivity contribution is 9.10. The molecule has 2 aromatic carbocycles. The molecule has 0 saturated heterocycles. The van der Waals surface area contributed by atoms with Gasteiger partial charge >= 0.3 is 0 Å². The Balaban J connectivity index is 1.82. The van der Waals surface area contributed by atoms with Crippen molar-refractivity contribution < 1.29 is 14.3 Å². The van der Waals surface area contributed by atoms with Gasteiger partial charge in [0.05, 0.1) is 12.2 Å². The van der Waals surface area contributed by atoms with E-state index in [1.807, 2.05) is 0 Å². The second kappa shape index (κ2) is 10.6. The van der Waals surface area contributed by atoms with Crippen molar-refractivity contribution in [2.24, 2.45) is 0 Å². The second-order valence-corrected chi connectivity index (χ2v) is 6.83. The van der Waals surface area contributed by atoms with Gasteiger partial charge in [-0.15, -0.1) is 0 Å². The summed E-state index contributed by atoms with van der Waals surface area (Å²) in [5.41, 5.74) is 5.82. The molecule has 0 aliphatic rings. The van der Waals surface area contributed by atoms with E-state index in [1.54, 1.807) is 48.5 Å². The molecule has 0 bridgehead atoms. The van der Waals surface area contributed by atoms with Crippen molar-refractivity contribution in [1.82, 2.24) is 16.2 Å². The fourth-order valence-electron chi connectivity index (χ4n) is 2.07. The Morgan fingerprint density at radius 3 is 2.41 bits per heavy atom. The van der Waals surface area contributed by atoms with Crippen LogP contribution in [0.2, 0.25) is 0 Å². The van der Waals surface area contributed by atoms with Crippen molar-refractivity contribution in [3.63, 3.8) is 0 Å². The SMILES string of the molecule is CCCCOc1ccc(C(=O)NC(=S)NNC(=O)c2ccccc2Br)cc1. The third-order valence-electron chi connectivity index (χ3n) is 3.52. The zero-order valence-electron chi connectivity index (χ0n) is 14.8. The molecule has 2 aromatic rings. The molecule has 0 aromatic heterocycles. The van der Waals surface area contributed by atoms with Crippen LogP contribution in [0.5, 0.6) is 5.75 Å². The number of ether oxygens (including phenoxy) is 1. The molecular formula is C19H20BrN3O3S. The Bertz CT molecular complexity index is 812. The first-order valence-electron chi connectivity index (χ1n) is 8.40. The number of thiocarbonyl (C=S) groups is 1. The number of unbranched alkanes of at least 4 members (excludes halogenated alkanes) is 1. The van der Waals surface area contributed by atoms with Gasteiger partial charge in [0, 0.05) is 10.0 Å². The van der Waals surface area contributed by atoms with Crippen LogP contribution in [0.25, 0.3) is 0 Å². The van der Waals surface area contributed by atoms with E-state index < -0.39 is 0 Å². The third-order valence-corrected chi connectivity index (χ3v) is 4.41. The summed E-state index contributed by atoms with van der Waals surface area (Å²) >= 11 is 8.33. The first-order chi connectivity index (χ1) is 13.0. The van der Waals surface area contributed by atoms with Crippen LogP contribution < -0.4 is 20.9 Å². The number of hydrazine groups is 1. The van der Waals surface area contributed by atoms with Gasteiger partial charge in [0.15, 0.2) is 5.11 Å². The first kappa shape index (κ1) is 20.9. The summed E-state index contributed by atoms with van der Waals surface area (Å²) < 4.78 is 6.21. The molecule has 27 heavy (non-hydrogen) atoms. The Kier molecular flexibility index (Phi) is 8.22. The van der Waals surface area contributed by atoms with E-state index in [4.69, 9.17) is 17.0 Å². The molecule has 2 rings (SSSR count). The summed E-state index contributed by atoms with van der Waals surface area (Å²) in [6.45, 7) is 2.74. The minimum atomic E-state index is -0.386. The van der Waals surface area contributed by atoms with Crippen LogP contribution in [0.4, 0.5) is 0 Å². The number of carbonyl (C=O) groups excluding carboxylic acids is 2. The van der Waals surface area contributed by atoms with E-state index in [0.29, 0.717) is 28.0 Å². The maximum Gasteiger partial charge on any atom is 0.270 e. The molecule has 0 fully saturated rings. The Morgan fingerprint density at radius 2 is 1.74 bits per heavy atom. The smallest absolute Gasteiger partial charge is 0.270 e. The molecule has 3 N–H and O–H groups in total. The second-order valence-electron chi connectivity index (χ2n) is 5.57. The number of amides is 2. The largest absolute Gasteiger partial charge is 0.494 e. The van der Waals surface area contributed by atoms with Crippen LogP contribution >= 0.6 is 28.1 Å². The lowest BCUT2D eigenvalue weighted by Gasteiger charge is -2.12. The van der Waals surface area contributed by atoms with Crippen molar-refractivity contribution in [2.45, 2.75) is 19.8 Å². The Morgan fingerprint density at radius 1 is 1.04 bits per heavy atom. The van der Waals surface area contributed by atoms with Gasteiger partial charge in [0.1, 0.15) is 5.75 Å². The molecule has 0 aliphatic carbocycles. The van der Waals surface area contributed by atoms with E-state index in [-0.39, 0.29) is 16.9 Å². The number of hydrogen-bond acceptors (Lipinski definition) is 4. The predicted octanol–water partition coefficient (Wildman–Crippen LogP) is 3.58. The molecule has 0 atom stereocenters. The molecule has 0 unspecified atom stereocenters. The molecule has 6 nitrogen and oxygen atoms in total. The van der Waals surface area contributed by atoms with E-state index in [2.05, 4.69) is 39.0 Å². The maximum atomic E-state index is 12.2. The molecule has 142 valence electrons. The summed E-state index contributed by atoms with van der Waals surface area (Å²) in [7, 11) is 0. The van der Waals surface area contributed by atoms with Crippen molar-refractivity contribution >= 4 is 45.1 Å². The molecular weight excluding hydrogens is 430 g/mol. The van der Waals surface area contributed by atoms with Crippen molar-refractivity contribution in [2.75, 3.05) is 6.61 Å². The minimum absolute atomic E-state index is 0.0105. The predicted molar refractivity (Wildman–Crippen MR) is 112 cm³/mol. The number of rotatable bonds is 6. The fraction of sp³-hybridized carbons (Fsp3) is 0.211. The average molecular weight is 450 g/mol. The summed E-state index contributed by atoms with van der Waals surface area (Å²) in [5, 5.41) is 2.49. The van der Waals surface area contributed by atoms with Crippen LogP contribution in [-0.2, 0) is 0 Å². The highest BCUT2D eigenvalue weighted by Crippen LogP contribution is 2.15. The van der Waals surface area contributed by atoms with Crippen molar-refractivity contribution in [3.8, 4) is 5.75 Å². The number of halogens is 1. The highest BCUT2D eigenvalue weighted by atomic mass is 79.9. The van der Waals surface area contributed by atoms with E-state index in [9.17, 15) is 9.59 Å². The standard InChI is InChI=1S/C19H20BrN3O3S/c1-2-3-12-26-14-10-8-13(9-11-14)17(24)21-19(27)23-22-18(25)15-6-4-5-7-16(15)20/h4-11H,2-3,12H2,1H3,(H,22,25)(H2,21,23,24,27). The zero-order valence-corrected chi connectivity index (χ0v) is 17.2. The van der Waals surface area contributed by atoms with E-state index >= 15 is 0 Å². The first-order valence-corrected chi connectivity index (χ1v) is 9.60. The van der Waals surface area contributed by atoms with Gasteiger partial charge < -0.3 is 4.74 Å².